The van der Waals surface area contributed by atoms with E-state index < -0.39 is 29.7 Å². The lowest BCUT2D eigenvalue weighted by atomic mass is 9.99. The fourth-order valence-corrected chi connectivity index (χ4v) is 4.68. The van der Waals surface area contributed by atoms with E-state index in [1.54, 1.807) is 12.1 Å². The molecule has 1 aromatic carbocycles. The van der Waals surface area contributed by atoms with Gasteiger partial charge in [-0.3, -0.25) is 34.2 Å². The largest absolute Gasteiger partial charge is 0.481 e. The molecule has 3 N–H and O–H groups in total. The van der Waals surface area contributed by atoms with E-state index >= 15 is 0 Å². The first-order valence-corrected chi connectivity index (χ1v) is 12.2. The third kappa shape index (κ3) is 7.11. The summed E-state index contributed by atoms with van der Waals surface area (Å²) < 4.78 is 0. The van der Waals surface area contributed by atoms with Crippen LogP contribution in [0.5, 0.6) is 0 Å². The van der Waals surface area contributed by atoms with Crippen LogP contribution in [0.1, 0.15) is 67.3 Å². The number of imide groups is 2. The highest BCUT2D eigenvalue weighted by Gasteiger charge is 2.35. The number of carbonyl (C=O) groups is 5. The number of benzene rings is 1. The van der Waals surface area contributed by atoms with E-state index in [1.807, 2.05) is 13.0 Å². The van der Waals surface area contributed by atoms with Crippen LogP contribution in [0.3, 0.4) is 0 Å². The number of nitrogens with zero attached hydrogens (tertiary/aromatic N) is 2. The van der Waals surface area contributed by atoms with Gasteiger partial charge in [-0.2, -0.15) is 0 Å². The number of rotatable bonds is 11. The van der Waals surface area contributed by atoms with Gasteiger partial charge in [0.1, 0.15) is 6.04 Å². The van der Waals surface area contributed by atoms with Crippen LogP contribution in [-0.2, 0) is 19.2 Å². The first-order valence-electron chi connectivity index (χ1n) is 12.2. The van der Waals surface area contributed by atoms with Crippen LogP contribution in [0, 0.1) is 6.92 Å². The summed E-state index contributed by atoms with van der Waals surface area (Å²) in [7, 11) is 0. The van der Waals surface area contributed by atoms with E-state index in [-0.39, 0.29) is 25.3 Å². The Morgan fingerprint density at radius 1 is 1.17 bits per heavy atom. The number of carboxylic acid groups (broad SMARTS) is 1. The molecule has 0 radical (unpaired) electrons. The predicted octanol–water partition coefficient (Wildman–Crippen LogP) is 1.92. The summed E-state index contributed by atoms with van der Waals surface area (Å²) in [5, 5.41) is 14.4. The maximum absolute atomic E-state index is 13.2. The molecule has 2 saturated heterocycles. The van der Waals surface area contributed by atoms with E-state index in [4.69, 9.17) is 5.11 Å². The number of carbonyl (C=O) groups excluding carboxylic acids is 4. The summed E-state index contributed by atoms with van der Waals surface area (Å²) in [4.78, 5) is 62.4. The number of anilines is 1. The Morgan fingerprint density at radius 3 is 2.57 bits per heavy atom. The third-order valence-electron chi connectivity index (χ3n) is 6.77. The molecule has 2 aliphatic heterocycles. The van der Waals surface area contributed by atoms with Gasteiger partial charge in [0.2, 0.25) is 18.2 Å². The number of unbranched alkanes of at least 4 members (excludes halogenated alkanes) is 2. The fraction of sp³-hybridized carbons (Fsp3) is 0.560. The van der Waals surface area contributed by atoms with Crippen molar-refractivity contribution in [2.24, 2.45) is 0 Å². The van der Waals surface area contributed by atoms with Gasteiger partial charge in [0.25, 0.3) is 5.91 Å². The van der Waals surface area contributed by atoms with Gasteiger partial charge >= 0.3 is 5.97 Å². The number of piperidine rings is 2. The summed E-state index contributed by atoms with van der Waals surface area (Å²) in [5.41, 5.74) is 1.86. The molecule has 1 unspecified atom stereocenters. The van der Waals surface area contributed by atoms with E-state index in [0.29, 0.717) is 24.0 Å². The van der Waals surface area contributed by atoms with Gasteiger partial charge in [-0.05, 0) is 63.3 Å². The third-order valence-corrected chi connectivity index (χ3v) is 6.77. The zero-order chi connectivity index (χ0) is 25.4. The number of likely N-dealkylation sites (tertiary alicyclic amines) is 1. The van der Waals surface area contributed by atoms with Crippen LogP contribution in [0.2, 0.25) is 0 Å². The molecule has 2 heterocycles. The molecule has 4 amide bonds. The van der Waals surface area contributed by atoms with Crippen LogP contribution in [-0.4, -0.2) is 76.7 Å². The van der Waals surface area contributed by atoms with Gasteiger partial charge in [0.05, 0.1) is 0 Å². The zero-order valence-electron chi connectivity index (χ0n) is 20.1. The molecule has 1 atom stereocenters. The van der Waals surface area contributed by atoms with Crippen LogP contribution in [0.25, 0.3) is 0 Å². The van der Waals surface area contributed by atoms with Crippen molar-refractivity contribution in [3.05, 3.63) is 29.3 Å². The Morgan fingerprint density at radius 2 is 1.91 bits per heavy atom. The summed E-state index contributed by atoms with van der Waals surface area (Å²) in [6, 6.07) is 4.54. The van der Waals surface area contributed by atoms with Crippen molar-refractivity contribution in [3.8, 4) is 0 Å². The second-order valence-electron chi connectivity index (χ2n) is 9.23. The Labute approximate surface area is 205 Å². The molecule has 10 heteroatoms. The number of nitrogens with one attached hydrogen (secondary N) is 2. The number of hydrogen-bond donors (Lipinski definition) is 3. The Kier molecular flexibility index (Phi) is 9.36. The van der Waals surface area contributed by atoms with E-state index in [0.717, 1.165) is 55.9 Å². The second kappa shape index (κ2) is 12.4. The molecular weight excluding hydrogens is 452 g/mol. The highest BCUT2D eigenvalue weighted by atomic mass is 16.4. The van der Waals surface area contributed by atoms with Crippen molar-refractivity contribution in [1.82, 2.24) is 15.1 Å². The first kappa shape index (κ1) is 26.3. The maximum Gasteiger partial charge on any atom is 0.303 e. The van der Waals surface area contributed by atoms with Gasteiger partial charge in [-0.15, -0.1) is 0 Å². The monoisotopic (exact) mass is 486 g/mol. The smallest absolute Gasteiger partial charge is 0.303 e. The number of aliphatic carboxylic acids is 1. The Balaban J connectivity index is 1.55. The molecule has 0 aromatic heterocycles. The van der Waals surface area contributed by atoms with Gasteiger partial charge in [0, 0.05) is 43.2 Å². The SMILES string of the molecule is Cc1c(NC2CCN(CCCCCC(=O)O)CC2)cccc1C(=O)N(C=O)C1CCC(=O)NC1=O. The molecule has 0 spiro atoms. The Bertz CT molecular complexity index is 957. The topological polar surface area (TPSA) is 136 Å². The molecule has 35 heavy (non-hydrogen) atoms. The van der Waals surface area contributed by atoms with Gasteiger partial charge < -0.3 is 15.3 Å². The van der Waals surface area contributed by atoms with Crippen molar-refractivity contribution in [2.75, 3.05) is 25.0 Å². The molecule has 0 saturated carbocycles. The molecule has 0 aliphatic carbocycles. The van der Waals surface area contributed by atoms with Crippen molar-refractivity contribution in [2.45, 2.75) is 70.4 Å². The second-order valence-corrected chi connectivity index (χ2v) is 9.23. The van der Waals surface area contributed by atoms with E-state index in [2.05, 4.69) is 15.5 Å². The van der Waals surface area contributed by atoms with Crippen LogP contribution < -0.4 is 10.6 Å². The van der Waals surface area contributed by atoms with Gasteiger partial charge in [-0.25, -0.2) is 0 Å². The average Bonchev–Trinajstić information content (AvgIpc) is 2.82. The summed E-state index contributed by atoms with van der Waals surface area (Å²) in [6.07, 6.45) is 5.31. The quantitative estimate of drug-likeness (QED) is 0.245. The van der Waals surface area contributed by atoms with Gasteiger partial charge in [0.15, 0.2) is 0 Å². The molecule has 10 nitrogen and oxygen atoms in total. The molecule has 2 aliphatic rings. The lowest BCUT2D eigenvalue weighted by Gasteiger charge is -2.33. The normalized spacial score (nSPS) is 19.2. The lowest BCUT2D eigenvalue weighted by Crippen LogP contribution is -2.53. The number of carboxylic acids is 1. The van der Waals surface area contributed by atoms with E-state index in [9.17, 15) is 24.0 Å². The lowest BCUT2D eigenvalue weighted by molar-refractivity contribution is -0.139. The number of hydrogen-bond acceptors (Lipinski definition) is 7. The Hall–Kier alpha value is -3.27. The average molecular weight is 487 g/mol. The predicted molar refractivity (Wildman–Crippen MR) is 129 cm³/mol. The van der Waals surface area contributed by atoms with E-state index in [1.165, 1.54) is 0 Å². The molecule has 0 bridgehead atoms. The zero-order valence-corrected chi connectivity index (χ0v) is 20.1. The van der Waals surface area contributed by atoms with Crippen LogP contribution >= 0.6 is 0 Å². The fourth-order valence-electron chi connectivity index (χ4n) is 4.68. The highest BCUT2D eigenvalue weighted by molar-refractivity contribution is 6.08. The van der Waals surface area contributed by atoms with Crippen molar-refractivity contribution in [3.63, 3.8) is 0 Å². The van der Waals surface area contributed by atoms with Crippen LogP contribution in [0.15, 0.2) is 18.2 Å². The van der Waals surface area contributed by atoms with Crippen molar-refractivity contribution >= 4 is 35.8 Å². The highest BCUT2D eigenvalue weighted by Crippen LogP contribution is 2.25. The maximum atomic E-state index is 13.2. The molecule has 1 aromatic rings. The summed E-state index contributed by atoms with van der Waals surface area (Å²) in [5.74, 6) is -2.35. The standard InChI is InChI=1S/C25H34N4O6/c1-17-19(25(35)29(16-30)21-9-10-22(31)27-24(21)34)6-5-7-20(17)26-18-11-14-28(15-12-18)13-4-2-3-8-23(32)33/h5-7,16,18,21,26H,2-4,8-15H2,1H3,(H,32,33)(H,27,31,34). The minimum atomic E-state index is -0.998. The van der Waals surface area contributed by atoms with Gasteiger partial charge in [-0.1, -0.05) is 12.5 Å². The minimum absolute atomic E-state index is 0.0790. The molecular formula is C25H34N4O6. The molecule has 190 valence electrons. The molecule has 2 fully saturated rings. The number of amides is 4. The molecule has 3 rings (SSSR count). The van der Waals surface area contributed by atoms with Crippen LogP contribution in [0.4, 0.5) is 5.69 Å². The van der Waals surface area contributed by atoms with Crippen molar-refractivity contribution in [1.29, 1.82) is 0 Å². The summed E-state index contributed by atoms with van der Waals surface area (Å²) in [6.45, 7) is 4.68. The van der Waals surface area contributed by atoms with Crippen molar-refractivity contribution < 1.29 is 29.1 Å². The minimum Gasteiger partial charge on any atom is -0.481 e. The summed E-state index contributed by atoms with van der Waals surface area (Å²) >= 11 is 0. The first-order chi connectivity index (χ1) is 16.8.